The molecule has 0 saturated heterocycles. The van der Waals surface area contributed by atoms with E-state index in [1.54, 1.807) is 29.5 Å². The van der Waals surface area contributed by atoms with Crippen molar-refractivity contribution in [3.63, 3.8) is 0 Å². The standard InChI is InChI=1S/C16H14ClFN2S/c17-12-5-3-4-10(16(12)18)8-11(19)9-15-20-13-6-1-2-7-14(13)21-15/h1-7,11H,8-9,19H2. The van der Waals surface area contributed by atoms with Crippen molar-refractivity contribution in [3.05, 3.63) is 63.9 Å². The fourth-order valence-corrected chi connectivity index (χ4v) is 3.55. The van der Waals surface area contributed by atoms with E-state index in [0.717, 1.165) is 15.2 Å². The Kier molecular flexibility index (Phi) is 4.19. The van der Waals surface area contributed by atoms with E-state index >= 15 is 0 Å². The van der Waals surface area contributed by atoms with E-state index in [2.05, 4.69) is 4.98 Å². The minimum atomic E-state index is -0.376. The molecule has 1 heterocycles. The molecule has 108 valence electrons. The van der Waals surface area contributed by atoms with Gasteiger partial charge in [-0.05, 0) is 30.2 Å². The minimum Gasteiger partial charge on any atom is -0.327 e. The number of benzene rings is 2. The van der Waals surface area contributed by atoms with Crippen LogP contribution >= 0.6 is 22.9 Å². The van der Waals surface area contributed by atoms with Gasteiger partial charge in [-0.25, -0.2) is 9.37 Å². The van der Waals surface area contributed by atoms with Crippen molar-refractivity contribution in [2.45, 2.75) is 18.9 Å². The summed E-state index contributed by atoms with van der Waals surface area (Å²) in [6.45, 7) is 0. The predicted octanol–water partition coefficient (Wildman–Crippen LogP) is 4.20. The summed E-state index contributed by atoms with van der Waals surface area (Å²) in [5, 5.41) is 1.12. The molecule has 0 spiro atoms. The molecule has 0 bridgehead atoms. The van der Waals surface area contributed by atoms with E-state index in [4.69, 9.17) is 17.3 Å². The highest BCUT2D eigenvalue weighted by Gasteiger charge is 2.13. The van der Waals surface area contributed by atoms with E-state index in [0.29, 0.717) is 18.4 Å². The summed E-state index contributed by atoms with van der Waals surface area (Å²) in [5.41, 5.74) is 7.67. The maximum atomic E-state index is 13.9. The lowest BCUT2D eigenvalue weighted by atomic mass is 10.0. The zero-order valence-electron chi connectivity index (χ0n) is 11.2. The summed E-state index contributed by atoms with van der Waals surface area (Å²) in [7, 11) is 0. The van der Waals surface area contributed by atoms with Gasteiger partial charge in [0.05, 0.1) is 20.2 Å². The highest BCUT2D eigenvalue weighted by Crippen LogP contribution is 2.24. The third-order valence-electron chi connectivity index (χ3n) is 3.29. The van der Waals surface area contributed by atoms with Crippen LogP contribution in [0, 0.1) is 5.82 Å². The van der Waals surface area contributed by atoms with Crippen LogP contribution in [0.3, 0.4) is 0 Å². The molecule has 1 atom stereocenters. The molecule has 0 aliphatic heterocycles. The lowest BCUT2D eigenvalue weighted by Gasteiger charge is -2.11. The second-order valence-corrected chi connectivity index (χ2v) is 6.48. The molecule has 1 aromatic heterocycles. The highest BCUT2D eigenvalue weighted by molar-refractivity contribution is 7.18. The monoisotopic (exact) mass is 320 g/mol. The maximum Gasteiger partial charge on any atom is 0.145 e. The summed E-state index contributed by atoms with van der Waals surface area (Å²) >= 11 is 7.42. The first-order chi connectivity index (χ1) is 10.1. The number of nitrogens with two attached hydrogens (primary N) is 1. The Morgan fingerprint density at radius 3 is 2.76 bits per heavy atom. The second-order valence-electron chi connectivity index (χ2n) is 4.96. The number of para-hydroxylation sites is 1. The number of hydrogen-bond acceptors (Lipinski definition) is 3. The molecule has 0 radical (unpaired) electrons. The molecular weight excluding hydrogens is 307 g/mol. The Hall–Kier alpha value is -1.49. The summed E-state index contributed by atoms with van der Waals surface area (Å²) in [5.74, 6) is -0.376. The molecule has 3 aromatic rings. The third kappa shape index (κ3) is 3.23. The molecule has 3 rings (SSSR count). The van der Waals surface area contributed by atoms with Crippen LogP contribution in [0.1, 0.15) is 10.6 Å². The van der Waals surface area contributed by atoms with Gasteiger partial charge in [-0.3, -0.25) is 0 Å². The van der Waals surface area contributed by atoms with Crippen LogP contribution in [0.25, 0.3) is 10.2 Å². The van der Waals surface area contributed by atoms with Crippen molar-refractivity contribution in [1.82, 2.24) is 4.98 Å². The molecule has 2 aromatic carbocycles. The predicted molar refractivity (Wildman–Crippen MR) is 86.4 cm³/mol. The third-order valence-corrected chi connectivity index (χ3v) is 4.64. The summed E-state index contributed by atoms with van der Waals surface area (Å²) in [6, 6.07) is 12.8. The first-order valence-corrected chi connectivity index (χ1v) is 7.86. The van der Waals surface area contributed by atoms with Gasteiger partial charge < -0.3 is 5.73 Å². The number of halogens is 2. The molecule has 0 saturated carbocycles. The molecule has 1 unspecified atom stereocenters. The van der Waals surface area contributed by atoms with Gasteiger partial charge in [0.25, 0.3) is 0 Å². The zero-order chi connectivity index (χ0) is 14.8. The van der Waals surface area contributed by atoms with Gasteiger partial charge >= 0.3 is 0 Å². The van der Waals surface area contributed by atoms with E-state index in [1.807, 2.05) is 24.3 Å². The van der Waals surface area contributed by atoms with Crippen molar-refractivity contribution < 1.29 is 4.39 Å². The van der Waals surface area contributed by atoms with Crippen LogP contribution < -0.4 is 5.73 Å². The van der Waals surface area contributed by atoms with Gasteiger partial charge in [0.15, 0.2) is 0 Å². The van der Waals surface area contributed by atoms with Gasteiger partial charge in [0, 0.05) is 12.5 Å². The van der Waals surface area contributed by atoms with E-state index < -0.39 is 0 Å². The Morgan fingerprint density at radius 1 is 1.14 bits per heavy atom. The van der Waals surface area contributed by atoms with Crippen LogP contribution in [-0.2, 0) is 12.8 Å². The molecule has 5 heteroatoms. The Balaban J connectivity index is 1.74. The van der Waals surface area contributed by atoms with Crippen molar-refractivity contribution in [2.24, 2.45) is 5.73 Å². The van der Waals surface area contributed by atoms with Crippen LogP contribution in [0.2, 0.25) is 5.02 Å². The fraction of sp³-hybridized carbons (Fsp3) is 0.188. The smallest absolute Gasteiger partial charge is 0.145 e. The quantitative estimate of drug-likeness (QED) is 0.782. The largest absolute Gasteiger partial charge is 0.327 e. The van der Waals surface area contributed by atoms with Crippen molar-refractivity contribution in [2.75, 3.05) is 0 Å². The Labute approximate surface area is 131 Å². The molecule has 21 heavy (non-hydrogen) atoms. The molecule has 0 amide bonds. The molecule has 2 nitrogen and oxygen atoms in total. The number of thiazole rings is 1. The van der Waals surface area contributed by atoms with Crippen molar-refractivity contribution >= 4 is 33.2 Å². The van der Waals surface area contributed by atoms with Gasteiger partial charge in [-0.15, -0.1) is 11.3 Å². The lowest BCUT2D eigenvalue weighted by molar-refractivity contribution is 0.584. The maximum absolute atomic E-state index is 13.9. The van der Waals surface area contributed by atoms with Crippen LogP contribution in [0.4, 0.5) is 4.39 Å². The highest BCUT2D eigenvalue weighted by atomic mass is 35.5. The summed E-state index contributed by atoms with van der Waals surface area (Å²) in [4.78, 5) is 4.55. The van der Waals surface area contributed by atoms with E-state index in [1.165, 1.54) is 0 Å². The first-order valence-electron chi connectivity index (χ1n) is 6.66. The average molecular weight is 321 g/mol. The van der Waals surface area contributed by atoms with Crippen LogP contribution in [0.15, 0.2) is 42.5 Å². The Morgan fingerprint density at radius 2 is 1.95 bits per heavy atom. The van der Waals surface area contributed by atoms with Gasteiger partial charge in [0.2, 0.25) is 0 Å². The number of fused-ring (bicyclic) bond motifs is 1. The fourth-order valence-electron chi connectivity index (χ4n) is 2.29. The number of rotatable bonds is 4. The van der Waals surface area contributed by atoms with E-state index in [-0.39, 0.29) is 16.9 Å². The summed E-state index contributed by atoms with van der Waals surface area (Å²) < 4.78 is 15.0. The molecule has 2 N–H and O–H groups in total. The van der Waals surface area contributed by atoms with Crippen molar-refractivity contribution in [3.8, 4) is 0 Å². The minimum absolute atomic E-state index is 0.139. The van der Waals surface area contributed by atoms with Gasteiger partial charge in [0.1, 0.15) is 5.82 Å². The SMILES string of the molecule is NC(Cc1nc2ccccc2s1)Cc1cccc(Cl)c1F. The van der Waals surface area contributed by atoms with Gasteiger partial charge in [-0.1, -0.05) is 35.9 Å². The molecule has 0 aliphatic carbocycles. The lowest BCUT2D eigenvalue weighted by Crippen LogP contribution is -2.26. The first kappa shape index (κ1) is 14.4. The normalized spacial score (nSPS) is 12.7. The zero-order valence-corrected chi connectivity index (χ0v) is 12.8. The second kappa shape index (κ2) is 6.10. The molecular formula is C16H14ClFN2S. The molecule has 0 fully saturated rings. The molecule has 0 aliphatic rings. The van der Waals surface area contributed by atoms with Crippen LogP contribution in [-0.4, -0.2) is 11.0 Å². The number of hydrogen-bond donors (Lipinski definition) is 1. The van der Waals surface area contributed by atoms with Gasteiger partial charge in [-0.2, -0.15) is 0 Å². The number of nitrogens with zero attached hydrogens (tertiary/aromatic N) is 1. The van der Waals surface area contributed by atoms with E-state index in [9.17, 15) is 4.39 Å². The number of aromatic nitrogens is 1. The summed E-state index contributed by atoms with van der Waals surface area (Å²) in [6.07, 6.45) is 1.08. The average Bonchev–Trinajstić information content (AvgIpc) is 2.86. The van der Waals surface area contributed by atoms with Crippen LogP contribution in [0.5, 0.6) is 0 Å². The van der Waals surface area contributed by atoms with Crippen molar-refractivity contribution in [1.29, 1.82) is 0 Å². The Bertz CT molecular complexity index is 739. The topological polar surface area (TPSA) is 38.9 Å².